The second-order valence-corrected chi connectivity index (χ2v) is 4.06. The molecule has 0 bridgehead atoms. The summed E-state index contributed by atoms with van der Waals surface area (Å²) in [5.41, 5.74) is 4.35. The van der Waals surface area contributed by atoms with Crippen LogP contribution < -0.4 is 5.73 Å². The van der Waals surface area contributed by atoms with Crippen LogP contribution in [0.1, 0.15) is 10.4 Å². The van der Waals surface area contributed by atoms with Crippen molar-refractivity contribution in [3.8, 4) is 0 Å². The topological polar surface area (TPSA) is 86.2 Å². The van der Waals surface area contributed by atoms with E-state index in [-0.39, 0.29) is 16.3 Å². The molecule has 0 saturated carbocycles. The third-order valence-corrected chi connectivity index (χ3v) is 2.40. The number of carbonyl (C=O) groups excluding carboxylic acids is 1. The molecular formula is C7H4ClIN2O3. The summed E-state index contributed by atoms with van der Waals surface area (Å²) in [5.74, 6) is -0.905. The zero-order valence-corrected chi connectivity index (χ0v) is 9.57. The van der Waals surface area contributed by atoms with Gasteiger partial charge in [0.15, 0.2) is 0 Å². The average Bonchev–Trinajstić information content (AvgIpc) is 2.01. The van der Waals surface area contributed by atoms with E-state index in [1.807, 2.05) is 22.6 Å². The maximum atomic E-state index is 10.9. The molecule has 0 aliphatic rings. The summed E-state index contributed by atoms with van der Waals surface area (Å²) in [6.45, 7) is 0. The summed E-state index contributed by atoms with van der Waals surface area (Å²) in [5, 5.41) is 10.6. The lowest BCUT2D eigenvalue weighted by Crippen LogP contribution is -2.14. The van der Waals surface area contributed by atoms with Crippen LogP contribution >= 0.6 is 34.2 Å². The fraction of sp³-hybridized carbons (Fsp3) is 0. The highest BCUT2D eigenvalue weighted by Gasteiger charge is 2.22. The minimum atomic E-state index is -0.905. The monoisotopic (exact) mass is 326 g/mol. The Morgan fingerprint density at radius 2 is 2.14 bits per heavy atom. The Morgan fingerprint density at radius 3 is 2.57 bits per heavy atom. The summed E-state index contributed by atoms with van der Waals surface area (Å²) in [4.78, 5) is 20.8. The predicted octanol–water partition coefficient (Wildman–Crippen LogP) is 1.95. The highest BCUT2D eigenvalue weighted by Crippen LogP contribution is 2.28. The molecule has 0 spiro atoms. The summed E-state index contributed by atoms with van der Waals surface area (Å²) < 4.78 is 0.573. The van der Waals surface area contributed by atoms with E-state index in [0.717, 1.165) is 0 Å². The molecule has 5 nitrogen and oxygen atoms in total. The fourth-order valence-corrected chi connectivity index (χ4v) is 2.05. The molecule has 0 saturated heterocycles. The van der Waals surface area contributed by atoms with Gasteiger partial charge < -0.3 is 5.73 Å². The smallest absolute Gasteiger partial charge is 0.284 e. The van der Waals surface area contributed by atoms with Crippen molar-refractivity contribution in [1.82, 2.24) is 0 Å². The van der Waals surface area contributed by atoms with Crippen molar-refractivity contribution in [3.05, 3.63) is 36.4 Å². The van der Waals surface area contributed by atoms with Gasteiger partial charge in [0.1, 0.15) is 5.56 Å². The minimum Gasteiger partial charge on any atom is -0.365 e. The lowest BCUT2D eigenvalue weighted by atomic mass is 10.2. The molecule has 0 unspecified atom stereocenters. The van der Waals surface area contributed by atoms with Crippen molar-refractivity contribution >= 4 is 45.8 Å². The van der Waals surface area contributed by atoms with Crippen molar-refractivity contribution in [2.45, 2.75) is 0 Å². The molecule has 1 aromatic rings. The van der Waals surface area contributed by atoms with Crippen LogP contribution in [0.25, 0.3) is 0 Å². The van der Waals surface area contributed by atoms with Crippen LogP contribution in [0.2, 0.25) is 5.02 Å². The van der Waals surface area contributed by atoms with Crippen LogP contribution in [-0.2, 0) is 0 Å². The van der Waals surface area contributed by atoms with Gasteiger partial charge in [0, 0.05) is 9.64 Å². The maximum Gasteiger partial charge on any atom is 0.284 e. The summed E-state index contributed by atoms with van der Waals surface area (Å²) in [6.07, 6.45) is 0. The second kappa shape index (κ2) is 4.09. The molecule has 1 amide bonds. The number of nitrogens with zero attached hydrogens (tertiary/aromatic N) is 1. The van der Waals surface area contributed by atoms with Crippen LogP contribution in [0, 0.1) is 13.7 Å². The minimum absolute atomic E-state index is 0.00361. The maximum absolute atomic E-state index is 10.9. The van der Waals surface area contributed by atoms with Crippen LogP contribution in [0.3, 0.4) is 0 Å². The molecule has 0 fully saturated rings. The quantitative estimate of drug-likeness (QED) is 0.512. The van der Waals surface area contributed by atoms with Crippen molar-refractivity contribution in [3.63, 3.8) is 0 Å². The Kier molecular flexibility index (Phi) is 3.27. The number of halogens is 2. The van der Waals surface area contributed by atoms with Crippen molar-refractivity contribution < 1.29 is 9.72 Å². The van der Waals surface area contributed by atoms with Gasteiger partial charge in [-0.1, -0.05) is 11.6 Å². The number of hydrogen-bond acceptors (Lipinski definition) is 3. The highest BCUT2D eigenvalue weighted by atomic mass is 127. The number of benzene rings is 1. The molecule has 0 heterocycles. The molecule has 0 aliphatic heterocycles. The largest absolute Gasteiger partial charge is 0.365 e. The first-order valence-corrected chi connectivity index (χ1v) is 4.82. The Balaban J connectivity index is 3.52. The number of nitrogens with two attached hydrogens (primary N) is 1. The van der Waals surface area contributed by atoms with E-state index >= 15 is 0 Å². The van der Waals surface area contributed by atoms with Crippen molar-refractivity contribution in [2.75, 3.05) is 0 Å². The molecule has 0 radical (unpaired) electrons. The van der Waals surface area contributed by atoms with Gasteiger partial charge in [0.2, 0.25) is 0 Å². The van der Waals surface area contributed by atoms with Gasteiger partial charge in [-0.25, -0.2) is 0 Å². The zero-order valence-electron chi connectivity index (χ0n) is 6.66. The number of rotatable bonds is 2. The van der Waals surface area contributed by atoms with Gasteiger partial charge in [-0.15, -0.1) is 0 Å². The number of nitro groups is 1. The SMILES string of the molecule is NC(=O)c1c(Cl)cc(I)cc1[N+](=O)[O-]. The first-order valence-electron chi connectivity index (χ1n) is 3.36. The van der Waals surface area contributed by atoms with Crippen molar-refractivity contribution in [1.29, 1.82) is 0 Å². The van der Waals surface area contributed by atoms with E-state index in [4.69, 9.17) is 17.3 Å². The van der Waals surface area contributed by atoms with Gasteiger partial charge in [-0.2, -0.15) is 0 Å². The summed E-state index contributed by atoms with van der Waals surface area (Å²) in [6, 6.07) is 2.68. The molecule has 0 aromatic heterocycles. The number of primary amides is 1. The van der Waals surface area contributed by atoms with Crippen LogP contribution in [0.5, 0.6) is 0 Å². The summed E-state index contributed by atoms with van der Waals surface area (Å²) in [7, 11) is 0. The highest BCUT2D eigenvalue weighted by molar-refractivity contribution is 14.1. The lowest BCUT2D eigenvalue weighted by Gasteiger charge is -2.01. The molecule has 2 N–H and O–H groups in total. The van der Waals surface area contributed by atoms with Gasteiger partial charge in [-0.3, -0.25) is 14.9 Å². The van der Waals surface area contributed by atoms with Gasteiger partial charge >= 0.3 is 0 Å². The van der Waals surface area contributed by atoms with Gasteiger partial charge in [0.25, 0.3) is 11.6 Å². The molecule has 0 atom stereocenters. The van der Waals surface area contributed by atoms with E-state index in [2.05, 4.69) is 0 Å². The van der Waals surface area contributed by atoms with Crippen LogP contribution in [0.4, 0.5) is 5.69 Å². The Morgan fingerprint density at radius 1 is 1.57 bits per heavy atom. The van der Waals surface area contributed by atoms with E-state index in [9.17, 15) is 14.9 Å². The fourth-order valence-electron chi connectivity index (χ4n) is 0.948. The van der Waals surface area contributed by atoms with E-state index in [1.54, 1.807) is 0 Å². The lowest BCUT2D eigenvalue weighted by molar-refractivity contribution is -0.385. The number of amides is 1. The Labute approximate surface area is 97.5 Å². The van der Waals surface area contributed by atoms with Gasteiger partial charge in [-0.05, 0) is 28.7 Å². The summed E-state index contributed by atoms with van der Waals surface area (Å²) >= 11 is 7.53. The van der Waals surface area contributed by atoms with Crippen LogP contribution in [0.15, 0.2) is 12.1 Å². The Bertz CT molecular complexity index is 422. The van der Waals surface area contributed by atoms with E-state index < -0.39 is 10.8 Å². The number of hydrogen-bond donors (Lipinski definition) is 1. The van der Waals surface area contributed by atoms with Gasteiger partial charge in [0.05, 0.1) is 9.95 Å². The Hall–Kier alpha value is -0.890. The molecule has 74 valence electrons. The predicted molar refractivity (Wildman–Crippen MR) is 59.3 cm³/mol. The van der Waals surface area contributed by atoms with Crippen LogP contribution in [-0.4, -0.2) is 10.8 Å². The second-order valence-electron chi connectivity index (χ2n) is 2.40. The molecule has 0 aliphatic carbocycles. The first-order chi connectivity index (χ1) is 6.43. The van der Waals surface area contributed by atoms with Crippen molar-refractivity contribution in [2.24, 2.45) is 5.73 Å². The molecule has 1 rings (SSSR count). The number of nitro benzene ring substituents is 1. The van der Waals surface area contributed by atoms with E-state index in [0.29, 0.717) is 3.57 Å². The third-order valence-electron chi connectivity index (χ3n) is 1.48. The first kappa shape index (κ1) is 11.2. The standard InChI is InChI=1S/C7H4ClIN2O3/c8-4-1-3(9)2-5(11(13)14)6(4)7(10)12/h1-2H,(H2,10,12). The normalized spacial score (nSPS) is 9.86. The molecule has 7 heteroatoms. The average molecular weight is 326 g/mol. The third kappa shape index (κ3) is 2.13. The number of carbonyl (C=O) groups is 1. The molecule has 1 aromatic carbocycles. The molecule has 14 heavy (non-hydrogen) atoms. The van der Waals surface area contributed by atoms with E-state index in [1.165, 1.54) is 12.1 Å². The zero-order chi connectivity index (χ0) is 10.9. The molecular weight excluding hydrogens is 322 g/mol.